The Morgan fingerprint density at radius 2 is 1.93 bits per heavy atom. The average molecular weight is 302 g/mol. The third-order valence-corrected chi connectivity index (χ3v) is 3.65. The molecule has 0 nitrogen and oxygen atoms in total. The molecule has 1 aliphatic carbocycles. The highest BCUT2D eigenvalue weighted by atomic mass is 79.9. The Labute approximate surface area is 98.3 Å². The Morgan fingerprint density at radius 1 is 1.36 bits per heavy atom. The highest BCUT2D eigenvalue weighted by Gasteiger charge is 2.52. The highest BCUT2D eigenvalue weighted by Crippen LogP contribution is 2.59. The van der Waals surface area contributed by atoms with Crippen molar-refractivity contribution < 1.29 is 8.78 Å². The highest BCUT2D eigenvalue weighted by molar-refractivity contribution is 9.10. The predicted molar refractivity (Wildman–Crippen MR) is 55.9 cm³/mol. The second-order valence-electron chi connectivity index (χ2n) is 3.32. The van der Waals surface area contributed by atoms with Crippen LogP contribution in [-0.4, -0.2) is 4.33 Å². The Balaban J connectivity index is 2.38. The van der Waals surface area contributed by atoms with E-state index < -0.39 is 16.0 Å². The molecule has 1 fully saturated rings. The molecule has 14 heavy (non-hydrogen) atoms. The summed E-state index contributed by atoms with van der Waals surface area (Å²) >= 11 is 14.6. The van der Waals surface area contributed by atoms with E-state index in [1.807, 2.05) is 0 Å². The van der Waals surface area contributed by atoms with E-state index in [-0.39, 0.29) is 10.4 Å². The van der Waals surface area contributed by atoms with Gasteiger partial charge in [0.15, 0.2) is 11.6 Å². The minimum absolute atomic E-state index is 0.0998. The third kappa shape index (κ3) is 1.77. The molecule has 1 saturated carbocycles. The molecule has 0 spiro atoms. The summed E-state index contributed by atoms with van der Waals surface area (Å²) in [6.45, 7) is 0. The maximum Gasteiger partial charge on any atom is 0.172 e. The van der Waals surface area contributed by atoms with E-state index in [4.69, 9.17) is 23.2 Å². The van der Waals surface area contributed by atoms with Gasteiger partial charge in [-0.2, -0.15) is 0 Å². The lowest BCUT2D eigenvalue weighted by Crippen LogP contribution is -1.94. The zero-order valence-electron chi connectivity index (χ0n) is 6.83. The second-order valence-corrected chi connectivity index (χ2v) is 5.71. The lowest BCUT2D eigenvalue weighted by atomic mass is 10.1. The molecule has 76 valence electrons. The molecule has 0 aromatic heterocycles. The monoisotopic (exact) mass is 300 g/mol. The van der Waals surface area contributed by atoms with Crippen LogP contribution in [0.5, 0.6) is 0 Å². The maximum atomic E-state index is 13.0. The minimum Gasteiger partial charge on any atom is -0.204 e. The second kappa shape index (κ2) is 3.32. The first-order valence-electron chi connectivity index (χ1n) is 3.94. The molecule has 1 aromatic carbocycles. The number of hydrogen-bond acceptors (Lipinski definition) is 0. The molecular formula is C9H5BrCl2F2. The van der Waals surface area contributed by atoms with E-state index in [1.165, 1.54) is 6.07 Å². The number of benzene rings is 1. The van der Waals surface area contributed by atoms with Gasteiger partial charge in [0, 0.05) is 5.92 Å². The van der Waals surface area contributed by atoms with Gasteiger partial charge < -0.3 is 0 Å². The van der Waals surface area contributed by atoms with Gasteiger partial charge in [0.1, 0.15) is 4.33 Å². The van der Waals surface area contributed by atoms with Crippen molar-refractivity contribution in [2.75, 3.05) is 0 Å². The van der Waals surface area contributed by atoms with Gasteiger partial charge in [-0.15, -0.1) is 23.2 Å². The number of halogens is 5. The molecule has 1 aromatic rings. The Kier molecular flexibility index (Phi) is 2.53. The number of alkyl halides is 2. The van der Waals surface area contributed by atoms with Crippen LogP contribution < -0.4 is 0 Å². The molecule has 0 N–H and O–H groups in total. The summed E-state index contributed by atoms with van der Waals surface area (Å²) in [7, 11) is 0. The lowest BCUT2D eigenvalue weighted by molar-refractivity contribution is 0.502. The van der Waals surface area contributed by atoms with Crippen LogP contribution >= 0.6 is 39.1 Å². The number of hydrogen-bond donors (Lipinski definition) is 0. The van der Waals surface area contributed by atoms with Crippen LogP contribution in [0.1, 0.15) is 17.9 Å². The smallest absolute Gasteiger partial charge is 0.172 e. The Bertz CT molecular complexity index is 369. The zero-order valence-corrected chi connectivity index (χ0v) is 9.93. The Hall–Kier alpha value is 0.140. The molecule has 0 aliphatic heterocycles. The SMILES string of the molecule is Fc1cc(C2CC2(Cl)Cl)cc(Br)c1F. The van der Waals surface area contributed by atoms with Gasteiger partial charge in [0.25, 0.3) is 0 Å². The van der Waals surface area contributed by atoms with E-state index in [0.717, 1.165) is 6.07 Å². The maximum absolute atomic E-state index is 13.0. The summed E-state index contributed by atoms with van der Waals surface area (Å²) in [6, 6.07) is 2.65. The van der Waals surface area contributed by atoms with Gasteiger partial charge in [0.05, 0.1) is 4.47 Å². The van der Waals surface area contributed by atoms with Gasteiger partial charge in [-0.1, -0.05) is 0 Å². The van der Waals surface area contributed by atoms with Gasteiger partial charge in [-0.25, -0.2) is 8.78 Å². The number of rotatable bonds is 1. The van der Waals surface area contributed by atoms with Crippen molar-refractivity contribution in [3.05, 3.63) is 33.8 Å². The summed E-state index contributed by atoms with van der Waals surface area (Å²) in [5.41, 5.74) is 0.626. The summed E-state index contributed by atoms with van der Waals surface area (Å²) in [6.07, 6.45) is 0.577. The van der Waals surface area contributed by atoms with Gasteiger partial charge >= 0.3 is 0 Å². The molecule has 0 amide bonds. The van der Waals surface area contributed by atoms with Crippen LogP contribution in [0, 0.1) is 11.6 Å². The summed E-state index contributed by atoms with van der Waals surface area (Å²) in [5.74, 6) is -1.87. The molecule has 2 rings (SSSR count). The molecular weight excluding hydrogens is 297 g/mol. The normalized spacial score (nSPS) is 23.6. The van der Waals surface area contributed by atoms with Crippen LogP contribution in [0.2, 0.25) is 0 Å². The van der Waals surface area contributed by atoms with Crippen molar-refractivity contribution in [3.63, 3.8) is 0 Å². The van der Waals surface area contributed by atoms with Crippen LogP contribution in [-0.2, 0) is 0 Å². The first-order chi connectivity index (χ1) is 6.42. The van der Waals surface area contributed by atoms with Crippen molar-refractivity contribution in [2.24, 2.45) is 0 Å². The minimum atomic E-state index is -0.885. The fraction of sp³-hybridized carbons (Fsp3) is 0.333. The largest absolute Gasteiger partial charge is 0.204 e. The molecule has 0 bridgehead atoms. The predicted octanol–water partition coefficient (Wildman–Crippen LogP) is 4.39. The standard InChI is InChI=1S/C9H5BrCl2F2/c10-6-1-4(2-7(13)8(6)14)5-3-9(5,11)12/h1-2,5H,3H2. The fourth-order valence-electron chi connectivity index (χ4n) is 1.35. The quantitative estimate of drug-likeness (QED) is 0.533. The van der Waals surface area contributed by atoms with E-state index in [2.05, 4.69) is 15.9 Å². The molecule has 0 saturated heterocycles. The molecule has 5 heteroatoms. The van der Waals surface area contributed by atoms with Crippen molar-refractivity contribution in [2.45, 2.75) is 16.7 Å². The van der Waals surface area contributed by atoms with E-state index >= 15 is 0 Å². The van der Waals surface area contributed by atoms with Crippen molar-refractivity contribution in [1.29, 1.82) is 0 Å². The Morgan fingerprint density at radius 3 is 2.36 bits per heavy atom. The van der Waals surface area contributed by atoms with Crippen molar-refractivity contribution in [3.8, 4) is 0 Å². The molecule has 1 unspecified atom stereocenters. The fourth-order valence-corrected chi connectivity index (χ4v) is 2.37. The zero-order chi connectivity index (χ0) is 10.5. The lowest BCUT2D eigenvalue weighted by Gasteiger charge is -2.03. The van der Waals surface area contributed by atoms with Crippen LogP contribution in [0.4, 0.5) is 8.78 Å². The van der Waals surface area contributed by atoms with E-state index in [9.17, 15) is 8.78 Å². The van der Waals surface area contributed by atoms with E-state index in [1.54, 1.807) is 0 Å². The first-order valence-corrected chi connectivity index (χ1v) is 5.49. The van der Waals surface area contributed by atoms with E-state index in [0.29, 0.717) is 12.0 Å². The van der Waals surface area contributed by atoms with Crippen LogP contribution in [0.3, 0.4) is 0 Å². The third-order valence-electron chi connectivity index (χ3n) is 2.23. The van der Waals surface area contributed by atoms with Gasteiger partial charge in [0.2, 0.25) is 0 Å². The summed E-state index contributed by atoms with van der Waals surface area (Å²) in [4.78, 5) is 0. The first kappa shape index (κ1) is 10.7. The van der Waals surface area contributed by atoms with Gasteiger partial charge in [-0.05, 0) is 40.0 Å². The van der Waals surface area contributed by atoms with Crippen molar-refractivity contribution >= 4 is 39.1 Å². The molecule has 0 radical (unpaired) electrons. The van der Waals surface area contributed by atoms with Crippen molar-refractivity contribution in [1.82, 2.24) is 0 Å². The topological polar surface area (TPSA) is 0 Å². The summed E-state index contributed by atoms with van der Waals surface area (Å²) < 4.78 is 25.2. The molecule has 0 heterocycles. The van der Waals surface area contributed by atoms with Crippen LogP contribution in [0.25, 0.3) is 0 Å². The average Bonchev–Trinajstić information content (AvgIpc) is 2.70. The molecule has 1 aliphatic rings. The van der Waals surface area contributed by atoms with Crippen LogP contribution in [0.15, 0.2) is 16.6 Å². The molecule has 1 atom stereocenters. The summed E-state index contributed by atoms with van der Waals surface area (Å²) in [5, 5.41) is 0. The van der Waals surface area contributed by atoms with Gasteiger partial charge in [-0.3, -0.25) is 0 Å².